The van der Waals surface area contributed by atoms with E-state index in [0.29, 0.717) is 27.2 Å². The van der Waals surface area contributed by atoms with Crippen LogP contribution in [0.5, 0.6) is 0 Å². The molecule has 3 aromatic carbocycles. The van der Waals surface area contributed by atoms with Gasteiger partial charge in [0.15, 0.2) is 0 Å². The average Bonchev–Trinajstić information content (AvgIpc) is 3.43. The fourth-order valence-electron chi connectivity index (χ4n) is 3.72. The Morgan fingerprint density at radius 1 is 0.970 bits per heavy atom. The Bertz CT molecular complexity index is 1380. The van der Waals surface area contributed by atoms with Gasteiger partial charge in [0, 0.05) is 22.7 Å². The Morgan fingerprint density at radius 2 is 1.64 bits per heavy atom. The summed E-state index contributed by atoms with van der Waals surface area (Å²) >= 11 is 13.2. The van der Waals surface area contributed by atoms with E-state index in [1.807, 2.05) is 71.7 Å². The molecule has 8 heteroatoms. The third-order valence-corrected chi connectivity index (χ3v) is 6.63. The van der Waals surface area contributed by atoms with E-state index in [0.717, 1.165) is 33.9 Å². The Morgan fingerprint density at radius 3 is 2.33 bits per heavy atom. The number of H-pyrrole nitrogens is 1. The number of anilines is 1. The molecular weight excluding hydrogens is 475 g/mol. The predicted octanol–water partition coefficient (Wildman–Crippen LogP) is 6.85. The number of aromatic amines is 1. The van der Waals surface area contributed by atoms with Crippen molar-refractivity contribution in [1.29, 1.82) is 0 Å². The van der Waals surface area contributed by atoms with Crippen LogP contribution in [-0.2, 0) is 0 Å². The zero-order valence-corrected chi connectivity index (χ0v) is 19.6. The van der Waals surface area contributed by atoms with Gasteiger partial charge in [-0.2, -0.15) is 5.10 Å². The van der Waals surface area contributed by atoms with Crippen molar-refractivity contribution in [2.45, 2.75) is 12.5 Å². The first-order valence-electron chi connectivity index (χ1n) is 10.3. The standard InChI is InChI=1S/C25H18Cl2N4OS/c26-18-8-6-17(7-9-18)22-14-21(16-4-2-1-3-5-16)30-31(22)24-23(33-25(32)29-24)15-28-20-12-10-19(27)11-13-20/h1-13,15,22H,14H2,(H,29,32)/t22-/m0/s1. The molecule has 0 fully saturated rings. The second-order valence-electron chi connectivity index (χ2n) is 7.49. The zero-order valence-electron chi connectivity index (χ0n) is 17.3. The molecule has 164 valence electrons. The second-order valence-corrected chi connectivity index (χ2v) is 9.38. The van der Waals surface area contributed by atoms with Crippen molar-refractivity contribution in [1.82, 2.24) is 4.98 Å². The molecule has 0 bridgehead atoms. The van der Waals surface area contributed by atoms with Gasteiger partial charge in [-0.1, -0.05) is 77.0 Å². The maximum absolute atomic E-state index is 12.4. The van der Waals surface area contributed by atoms with Crippen molar-refractivity contribution in [2.75, 3.05) is 5.01 Å². The molecule has 5 nitrogen and oxygen atoms in total. The number of nitrogens with one attached hydrogen (secondary N) is 1. The molecule has 1 atom stereocenters. The van der Waals surface area contributed by atoms with E-state index >= 15 is 0 Å². The van der Waals surface area contributed by atoms with Crippen molar-refractivity contribution >= 4 is 58.0 Å². The summed E-state index contributed by atoms with van der Waals surface area (Å²) in [6.45, 7) is 0. The van der Waals surface area contributed by atoms with Crippen LogP contribution in [0.3, 0.4) is 0 Å². The highest BCUT2D eigenvalue weighted by Crippen LogP contribution is 2.38. The summed E-state index contributed by atoms with van der Waals surface area (Å²) in [5.41, 5.74) is 3.80. The molecule has 2 heterocycles. The van der Waals surface area contributed by atoms with Crippen LogP contribution in [0.25, 0.3) is 0 Å². The third kappa shape index (κ3) is 4.78. The topological polar surface area (TPSA) is 60.8 Å². The van der Waals surface area contributed by atoms with Crippen molar-refractivity contribution in [3.05, 3.63) is 115 Å². The van der Waals surface area contributed by atoms with E-state index in [1.165, 1.54) is 0 Å². The molecule has 0 unspecified atom stereocenters. The monoisotopic (exact) mass is 492 g/mol. The van der Waals surface area contributed by atoms with Crippen LogP contribution < -0.4 is 9.88 Å². The summed E-state index contributed by atoms with van der Waals surface area (Å²) in [5, 5.41) is 8.12. The fourth-order valence-corrected chi connectivity index (χ4v) is 4.66. The minimum atomic E-state index is -0.166. The summed E-state index contributed by atoms with van der Waals surface area (Å²) in [5.74, 6) is 0.619. The number of nitrogens with zero attached hydrogens (tertiary/aromatic N) is 3. The summed E-state index contributed by atoms with van der Waals surface area (Å²) in [4.78, 5) is 20.4. The lowest BCUT2D eigenvalue weighted by atomic mass is 9.98. The summed E-state index contributed by atoms with van der Waals surface area (Å²) < 4.78 is 0. The maximum Gasteiger partial charge on any atom is 0.306 e. The molecule has 1 aliphatic rings. The van der Waals surface area contributed by atoms with E-state index in [2.05, 4.69) is 9.98 Å². The highest BCUT2D eigenvalue weighted by atomic mass is 35.5. The van der Waals surface area contributed by atoms with Crippen LogP contribution in [0.4, 0.5) is 11.5 Å². The van der Waals surface area contributed by atoms with Gasteiger partial charge in [-0.3, -0.25) is 14.8 Å². The van der Waals surface area contributed by atoms with Gasteiger partial charge >= 0.3 is 4.87 Å². The molecule has 1 aromatic heterocycles. The smallest absolute Gasteiger partial charge is 0.297 e. The molecule has 1 N–H and O–H groups in total. The van der Waals surface area contributed by atoms with Crippen LogP contribution in [-0.4, -0.2) is 16.9 Å². The number of halogens is 2. The highest BCUT2D eigenvalue weighted by Gasteiger charge is 2.32. The number of aromatic nitrogens is 1. The molecule has 4 aromatic rings. The van der Waals surface area contributed by atoms with E-state index in [1.54, 1.807) is 18.3 Å². The normalized spacial score (nSPS) is 15.9. The number of benzene rings is 3. The minimum Gasteiger partial charge on any atom is -0.297 e. The van der Waals surface area contributed by atoms with E-state index in [9.17, 15) is 4.79 Å². The quantitative estimate of drug-likeness (QED) is 0.309. The van der Waals surface area contributed by atoms with Crippen LogP contribution in [0.2, 0.25) is 10.0 Å². The molecule has 0 saturated carbocycles. The summed E-state index contributed by atoms with van der Waals surface area (Å²) in [7, 11) is 0. The summed E-state index contributed by atoms with van der Waals surface area (Å²) in [6.07, 6.45) is 2.38. The number of hydrogen-bond donors (Lipinski definition) is 1. The van der Waals surface area contributed by atoms with Crippen molar-refractivity contribution in [3.8, 4) is 0 Å². The fraction of sp³-hybridized carbons (Fsp3) is 0.0800. The Kier molecular flexibility index (Phi) is 6.13. The van der Waals surface area contributed by atoms with Gasteiger partial charge in [0.2, 0.25) is 0 Å². The Hall–Kier alpha value is -3.19. The SMILES string of the molecule is O=c1[nH]c(N2N=C(c3ccccc3)C[C@H]2c2ccc(Cl)cc2)c(C=Nc2ccc(Cl)cc2)s1. The molecule has 1 aliphatic heterocycles. The first-order valence-corrected chi connectivity index (χ1v) is 11.8. The molecular formula is C25H18Cl2N4OS. The lowest BCUT2D eigenvalue weighted by Gasteiger charge is -2.23. The Balaban J connectivity index is 1.55. The van der Waals surface area contributed by atoms with Gasteiger partial charge in [-0.15, -0.1) is 0 Å². The second kappa shape index (κ2) is 9.35. The largest absolute Gasteiger partial charge is 0.306 e. The van der Waals surface area contributed by atoms with Crippen LogP contribution in [0.15, 0.2) is 93.8 Å². The number of thiazole rings is 1. The van der Waals surface area contributed by atoms with E-state index < -0.39 is 0 Å². The van der Waals surface area contributed by atoms with Crippen molar-refractivity contribution in [2.24, 2.45) is 10.1 Å². The average molecular weight is 493 g/mol. The van der Waals surface area contributed by atoms with Crippen LogP contribution in [0.1, 0.15) is 28.5 Å². The molecule has 0 radical (unpaired) electrons. The lowest BCUT2D eigenvalue weighted by Crippen LogP contribution is -2.20. The summed E-state index contributed by atoms with van der Waals surface area (Å²) in [6, 6.07) is 24.9. The number of aliphatic imine (C=N–C) groups is 1. The first-order chi connectivity index (χ1) is 16.1. The van der Waals surface area contributed by atoms with Crippen LogP contribution in [0, 0.1) is 0 Å². The van der Waals surface area contributed by atoms with Gasteiger partial charge in [-0.05, 0) is 47.5 Å². The van der Waals surface area contributed by atoms with Crippen molar-refractivity contribution in [3.63, 3.8) is 0 Å². The number of hydrogen-bond acceptors (Lipinski definition) is 5. The van der Waals surface area contributed by atoms with Crippen molar-refractivity contribution < 1.29 is 0 Å². The third-order valence-electron chi connectivity index (χ3n) is 5.32. The van der Waals surface area contributed by atoms with Gasteiger partial charge in [0.05, 0.1) is 22.3 Å². The predicted molar refractivity (Wildman–Crippen MR) is 138 cm³/mol. The molecule has 5 rings (SSSR count). The van der Waals surface area contributed by atoms with Gasteiger partial charge in [-0.25, -0.2) is 5.01 Å². The molecule has 33 heavy (non-hydrogen) atoms. The van der Waals surface area contributed by atoms with Gasteiger partial charge in [0.25, 0.3) is 0 Å². The molecule has 0 aliphatic carbocycles. The first kappa shape index (κ1) is 21.6. The minimum absolute atomic E-state index is 0.0922. The molecule has 0 saturated heterocycles. The number of rotatable bonds is 5. The van der Waals surface area contributed by atoms with E-state index in [4.69, 9.17) is 28.3 Å². The van der Waals surface area contributed by atoms with Gasteiger partial charge in [0.1, 0.15) is 5.82 Å². The van der Waals surface area contributed by atoms with Crippen LogP contribution >= 0.6 is 34.5 Å². The van der Waals surface area contributed by atoms with E-state index in [-0.39, 0.29) is 10.9 Å². The Labute approximate surface area is 204 Å². The van der Waals surface area contributed by atoms with Gasteiger partial charge < -0.3 is 0 Å². The zero-order chi connectivity index (χ0) is 22.8. The number of hydrazone groups is 1. The molecule has 0 amide bonds. The molecule has 0 spiro atoms. The lowest BCUT2D eigenvalue weighted by molar-refractivity contribution is 0.700. The highest BCUT2D eigenvalue weighted by molar-refractivity contribution is 7.11. The maximum atomic E-state index is 12.4.